The monoisotopic (exact) mass is 215 g/mol. The van der Waals surface area contributed by atoms with Crippen LogP contribution in [-0.4, -0.2) is 40.8 Å². The zero-order chi connectivity index (χ0) is 11.4. The molecule has 0 spiro atoms. The first-order valence-corrected chi connectivity index (χ1v) is 5.53. The molecular formula is C10H21N3O2. The summed E-state index contributed by atoms with van der Waals surface area (Å²) in [5.74, 6) is -0.887. The summed E-state index contributed by atoms with van der Waals surface area (Å²) < 4.78 is 0. The number of hydrazine groups is 1. The van der Waals surface area contributed by atoms with Gasteiger partial charge in [0.25, 0.3) is 0 Å². The Morgan fingerprint density at radius 1 is 1.53 bits per heavy atom. The molecule has 1 heterocycles. The Balaban J connectivity index is 2.56. The van der Waals surface area contributed by atoms with Crippen LogP contribution < -0.4 is 11.2 Å². The van der Waals surface area contributed by atoms with Crippen molar-refractivity contribution in [1.82, 2.24) is 10.4 Å². The van der Waals surface area contributed by atoms with Crippen LogP contribution in [0.5, 0.6) is 0 Å². The molecule has 1 fully saturated rings. The van der Waals surface area contributed by atoms with Crippen molar-refractivity contribution >= 4 is 5.97 Å². The Morgan fingerprint density at radius 3 is 2.47 bits per heavy atom. The number of nitrogens with zero attached hydrogens (tertiary/aromatic N) is 1. The first kappa shape index (κ1) is 12.4. The highest BCUT2D eigenvalue weighted by molar-refractivity contribution is 5.73. The maximum atomic E-state index is 10.8. The van der Waals surface area contributed by atoms with Crippen molar-refractivity contribution in [3.8, 4) is 0 Å². The quantitative estimate of drug-likeness (QED) is 0.623. The van der Waals surface area contributed by atoms with Crippen LogP contribution in [0.1, 0.15) is 33.1 Å². The van der Waals surface area contributed by atoms with Gasteiger partial charge in [0.1, 0.15) is 6.04 Å². The Morgan fingerprint density at radius 2 is 2.07 bits per heavy atom. The molecule has 5 nitrogen and oxygen atoms in total. The number of hydrogen-bond donors (Lipinski definition) is 3. The Hall–Kier alpha value is -0.650. The van der Waals surface area contributed by atoms with Crippen molar-refractivity contribution in [2.75, 3.05) is 6.54 Å². The molecule has 5 heteroatoms. The SMILES string of the molecule is CC1CCCC(C)N1NC(CN)C(=O)O. The van der Waals surface area contributed by atoms with Crippen LogP contribution in [0.2, 0.25) is 0 Å². The summed E-state index contributed by atoms with van der Waals surface area (Å²) in [4.78, 5) is 10.8. The van der Waals surface area contributed by atoms with Crippen molar-refractivity contribution in [3.63, 3.8) is 0 Å². The molecule has 0 saturated carbocycles. The second-order valence-electron chi connectivity index (χ2n) is 4.29. The fourth-order valence-electron chi connectivity index (χ4n) is 2.06. The predicted molar refractivity (Wildman–Crippen MR) is 58.2 cm³/mol. The van der Waals surface area contributed by atoms with Gasteiger partial charge in [-0.3, -0.25) is 4.79 Å². The molecule has 15 heavy (non-hydrogen) atoms. The molecule has 1 aliphatic heterocycles. The smallest absolute Gasteiger partial charge is 0.323 e. The number of rotatable bonds is 4. The summed E-state index contributed by atoms with van der Waals surface area (Å²) in [6.07, 6.45) is 3.42. The van der Waals surface area contributed by atoms with Gasteiger partial charge in [0.15, 0.2) is 0 Å². The van der Waals surface area contributed by atoms with E-state index < -0.39 is 12.0 Å². The normalized spacial score (nSPS) is 30.1. The average molecular weight is 215 g/mol. The molecule has 0 aromatic heterocycles. The van der Waals surface area contributed by atoms with Crippen molar-refractivity contribution in [3.05, 3.63) is 0 Å². The number of carboxylic acid groups (broad SMARTS) is 1. The number of nitrogens with two attached hydrogens (primary N) is 1. The molecule has 0 amide bonds. The molecule has 88 valence electrons. The van der Waals surface area contributed by atoms with Gasteiger partial charge in [0.05, 0.1) is 0 Å². The van der Waals surface area contributed by atoms with Crippen molar-refractivity contribution in [1.29, 1.82) is 0 Å². The zero-order valence-corrected chi connectivity index (χ0v) is 9.44. The standard InChI is InChI=1S/C10H21N3O2/c1-7-4-3-5-8(2)13(7)12-9(6-11)10(14)15/h7-9,12H,3-6,11H2,1-2H3,(H,14,15). The largest absolute Gasteiger partial charge is 0.480 e. The van der Waals surface area contributed by atoms with Crippen molar-refractivity contribution < 1.29 is 9.90 Å². The van der Waals surface area contributed by atoms with Crippen LogP contribution >= 0.6 is 0 Å². The topological polar surface area (TPSA) is 78.6 Å². The van der Waals surface area contributed by atoms with Gasteiger partial charge in [-0.15, -0.1) is 0 Å². The van der Waals surface area contributed by atoms with Gasteiger partial charge in [-0.1, -0.05) is 6.42 Å². The van der Waals surface area contributed by atoms with E-state index in [1.807, 2.05) is 5.01 Å². The number of hydrogen-bond acceptors (Lipinski definition) is 4. The molecular weight excluding hydrogens is 194 g/mol. The van der Waals surface area contributed by atoms with Gasteiger partial charge in [-0.25, -0.2) is 10.4 Å². The summed E-state index contributed by atoms with van der Waals surface area (Å²) in [6.45, 7) is 4.33. The average Bonchev–Trinajstić information content (AvgIpc) is 2.17. The van der Waals surface area contributed by atoms with Gasteiger partial charge >= 0.3 is 5.97 Å². The predicted octanol–water partition coefficient (Wildman–Crippen LogP) is 0.166. The maximum absolute atomic E-state index is 10.8. The second kappa shape index (κ2) is 5.44. The molecule has 3 unspecified atom stereocenters. The second-order valence-corrected chi connectivity index (χ2v) is 4.29. The highest BCUT2D eigenvalue weighted by Gasteiger charge is 2.28. The van der Waals surface area contributed by atoms with E-state index in [9.17, 15) is 4.79 Å². The van der Waals surface area contributed by atoms with E-state index in [0.717, 1.165) is 12.8 Å². The molecule has 0 aliphatic carbocycles. The molecule has 3 atom stereocenters. The van der Waals surface area contributed by atoms with Crippen LogP contribution in [0.15, 0.2) is 0 Å². The lowest BCUT2D eigenvalue weighted by molar-refractivity contribution is -0.141. The number of piperidine rings is 1. The van der Waals surface area contributed by atoms with Gasteiger partial charge < -0.3 is 10.8 Å². The van der Waals surface area contributed by atoms with Crippen molar-refractivity contribution in [2.45, 2.75) is 51.2 Å². The molecule has 4 N–H and O–H groups in total. The van der Waals surface area contributed by atoms with E-state index in [1.165, 1.54) is 6.42 Å². The number of aliphatic carboxylic acids is 1. The lowest BCUT2D eigenvalue weighted by atomic mass is 10.00. The molecule has 0 aromatic rings. The lowest BCUT2D eigenvalue weighted by Gasteiger charge is -2.40. The molecule has 1 aliphatic rings. The van der Waals surface area contributed by atoms with Gasteiger partial charge in [-0.2, -0.15) is 0 Å². The van der Waals surface area contributed by atoms with Crippen molar-refractivity contribution in [2.24, 2.45) is 5.73 Å². The first-order chi connectivity index (χ1) is 7.06. The summed E-state index contributed by atoms with van der Waals surface area (Å²) in [5.41, 5.74) is 8.43. The third-order valence-corrected chi connectivity index (χ3v) is 3.03. The minimum atomic E-state index is -0.887. The van der Waals surface area contributed by atoms with Crippen LogP contribution in [0, 0.1) is 0 Å². The molecule has 0 bridgehead atoms. The van der Waals surface area contributed by atoms with Crippen LogP contribution in [-0.2, 0) is 4.79 Å². The van der Waals surface area contributed by atoms with Crippen LogP contribution in [0.3, 0.4) is 0 Å². The van der Waals surface area contributed by atoms with Gasteiger partial charge in [0.2, 0.25) is 0 Å². The van der Waals surface area contributed by atoms with E-state index in [2.05, 4.69) is 19.3 Å². The highest BCUT2D eigenvalue weighted by Crippen LogP contribution is 2.20. The Kier molecular flexibility index (Phi) is 4.50. The van der Waals surface area contributed by atoms with E-state index >= 15 is 0 Å². The fourth-order valence-corrected chi connectivity index (χ4v) is 2.06. The fraction of sp³-hybridized carbons (Fsp3) is 0.900. The Labute approximate surface area is 90.6 Å². The van der Waals surface area contributed by atoms with Crippen LogP contribution in [0.25, 0.3) is 0 Å². The molecule has 0 radical (unpaired) electrons. The third-order valence-electron chi connectivity index (χ3n) is 3.03. The molecule has 1 saturated heterocycles. The summed E-state index contributed by atoms with van der Waals surface area (Å²) in [6, 6.07) is 0.0808. The van der Waals surface area contributed by atoms with E-state index in [-0.39, 0.29) is 6.54 Å². The van der Waals surface area contributed by atoms with Gasteiger partial charge in [-0.05, 0) is 26.7 Å². The lowest BCUT2D eigenvalue weighted by Crippen LogP contribution is -2.59. The summed E-state index contributed by atoms with van der Waals surface area (Å²) in [7, 11) is 0. The number of nitrogens with one attached hydrogen (secondary N) is 1. The van der Waals surface area contributed by atoms with E-state index in [4.69, 9.17) is 10.8 Å². The minimum absolute atomic E-state index is 0.116. The first-order valence-electron chi connectivity index (χ1n) is 5.53. The van der Waals surface area contributed by atoms with E-state index in [0.29, 0.717) is 12.1 Å². The maximum Gasteiger partial charge on any atom is 0.323 e. The molecule has 0 aromatic carbocycles. The summed E-state index contributed by atoms with van der Waals surface area (Å²) >= 11 is 0. The van der Waals surface area contributed by atoms with E-state index in [1.54, 1.807) is 0 Å². The van der Waals surface area contributed by atoms with Crippen LogP contribution in [0.4, 0.5) is 0 Å². The Bertz CT molecular complexity index is 213. The highest BCUT2D eigenvalue weighted by atomic mass is 16.4. The zero-order valence-electron chi connectivity index (χ0n) is 9.44. The van der Waals surface area contributed by atoms with Gasteiger partial charge in [0, 0.05) is 18.6 Å². The minimum Gasteiger partial charge on any atom is -0.480 e. The summed E-state index contributed by atoms with van der Waals surface area (Å²) in [5, 5.41) is 10.9. The molecule has 1 rings (SSSR count). The number of carbonyl (C=O) groups is 1. The third kappa shape index (κ3) is 3.15. The number of carboxylic acids is 1.